The van der Waals surface area contributed by atoms with Crippen molar-refractivity contribution in [2.24, 2.45) is 5.41 Å². The van der Waals surface area contributed by atoms with Crippen molar-refractivity contribution in [1.29, 1.82) is 0 Å². The molecule has 0 atom stereocenters. The van der Waals surface area contributed by atoms with Crippen molar-refractivity contribution < 1.29 is 4.74 Å². The van der Waals surface area contributed by atoms with Crippen molar-refractivity contribution in [3.05, 3.63) is 81.8 Å². The Hall–Kier alpha value is -2.24. The molecule has 2 rings (SSSR count). The fourth-order valence-electron chi connectivity index (χ4n) is 2.83. The molecule has 0 spiro atoms. The number of rotatable bonds is 4. The zero-order valence-corrected chi connectivity index (χ0v) is 16.7. The second-order valence-corrected chi connectivity index (χ2v) is 7.90. The molecule has 1 aromatic carbocycles. The Balaban J connectivity index is 2.50. The summed E-state index contributed by atoms with van der Waals surface area (Å²) in [6, 6.07) is 10.0. The van der Waals surface area contributed by atoms with Crippen LogP contribution in [0.25, 0.3) is 0 Å². The molecule has 0 unspecified atom stereocenters. The fraction of sp³-hybridized carbons (Fsp3) is 0.375. The first-order chi connectivity index (χ1) is 11.7. The van der Waals surface area contributed by atoms with Crippen LogP contribution in [0.4, 0.5) is 0 Å². The summed E-state index contributed by atoms with van der Waals surface area (Å²) < 4.78 is 6.33. The first-order valence-corrected chi connectivity index (χ1v) is 8.95. The predicted molar refractivity (Wildman–Crippen MR) is 108 cm³/mol. The molecule has 0 saturated heterocycles. The van der Waals surface area contributed by atoms with Gasteiger partial charge in [0.25, 0.3) is 0 Å². The molecule has 1 aliphatic rings. The van der Waals surface area contributed by atoms with E-state index in [-0.39, 0.29) is 5.41 Å². The zero-order chi connectivity index (χ0) is 18.6. The summed E-state index contributed by atoms with van der Waals surface area (Å²) in [6.07, 6.45) is 5.52. The minimum atomic E-state index is 0.151. The first-order valence-electron chi connectivity index (χ1n) is 8.95. The molecular weight excluding hydrogens is 304 g/mol. The van der Waals surface area contributed by atoms with E-state index >= 15 is 0 Å². The summed E-state index contributed by atoms with van der Waals surface area (Å²) in [5.41, 5.74) is 9.61. The monoisotopic (exact) mass is 334 g/mol. The Bertz CT molecular complexity index is 782. The number of ether oxygens (including phenoxy) is 1. The van der Waals surface area contributed by atoms with Gasteiger partial charge in [0.15, 0.2) is 0 Å². The summed E-state index contributed by atoms with van der Waals surface area (Å²) in [5.74, 6) is 1.82. The lowest BCUT2D eigenvalue weighted by atomic mass is 9.87. The predicted octanol–water partition coefficient (Wildman–Crippen LogP) is 7.15. The van der Waals surface area contributed by atoms with Crippen molar-refractivity contribution in [3.8, 4) is 5.75 Å². The first kappa shape index (κ1) is 19.1. The molecule has 0 saturated carbocycles. The molecular formula is C24H30O. The third kappa shape index (κ3) is 5.11. The van der Waals surface area contributed by atoms with E-state index < -0.39 is 0 Å². The normalized spacial score (nSPS) is 15.0. The van der Waals surface area contributed by atoms with E-state index in [0.29, 0.717) is 0 Å². The summed E-state index contributed by atoms with van der Waals surface area (Å²) in [5, 5.41) is 0. The van der Waals surface area contributed by atoms with E-state index in [0.717, 1.165) is 29.1 Å². The van der Waals surface area contributed by atoms with Crippen LogP contribution in [0, 0.1) is 5.41 Å². The van der Waals surface area contributed by atoms with Crippen LogP contribution in [0.1, 0.15) is 54.9 Å². The quantitative estimate of drug-likeness (QED) is 0.322. The highest BCUT2D eigenvalue weighted by molar-refractivity contribution is 5.49. The van der Waals surface area contributed by atoms with Gasteiger partial charge in [-0.15, -0.1) is 5.73 Å². The molecule has 0 amide bonds. The topological polar surface area (TPSA) is 9.23 Å². The lowest BCUT2D eigenvalue weighted by Gasteiger charge is -2.19. The van der Waals surface area contributed by atoms with E-state index in [1.54, 1.807) is 0 Å². The molecule has 0 bridgehead atoms. The third-order valence-corrected chi connectivity index (χ3v) is 4.33. The van der Waals surface area contributed by atoms with Gasteiger partial charge in [-0.25, -0.2) is 0 Å². The van der Waals surface area contributed by atoms with E-state index in [2.05, 4.69) is 66.3 Å². The van der Waals surface area contributed by atoms with Gasteiger partial charge >= 0.3 is 0 Å². The number of benzene rings is 1. The SMILES string of the molecule is CC(C)=C=C(C)C(C)=C(Oc1ccccc1)C1=CC(C(C)(C)C)=CC1. The van der Waals surface area contributed by atoms with Gasteiger partial charge in [0.05, 0.1) is 0 Å². The highest BCUT2D eigenvalue weighted by atomic mass is 16.5. The minimum Gasteiger partial charge on any atom is -0.457 e. The maximum absolute atomic E-state index is 6.33. The molecule has 0 aliphatic heterocycles. The summed E-state index contributed by atoms with van der Waals surface area (Å²) in [4.78, 5) is 0. The van der Waals surface area contributed by atoms with Crippen molar-refractivity contribution in [3.63, 3.8) is 0 Å². The Labute approximate surface area is 153 Å². The smallest absolute Gasteiger partial charge is 0.134 e. The van der Waals surface area contributed by atoms with Crippen LogP contribution >= 0.6 is 0 Å². The van der Waals surface area contributed by atoms with Gasteiger partial charge in [-0.1, -0.05) is 51.1 Å². The summed E-state index contributed by atoms with van der Waals surface area (Å²) in [7, 11) is 0. The van der Waals surface area contributed by atoms with Gasteiger partial charge in [0.2, 0.25) is 0 Å². The second-order valence-electron chi connectivity index (χ2n) is 7.90. The van der Waals surface area contributed by atoms with E-state index in [9.17, 15) is 0 Å². The van der Waals surface area contributed by atoms with Crippen LogP contribution in [0.5, 0.6) is 5.75 Å². The van der Waals surface area contributed by atoms with Crippen molar-refractivity contribution >= 4 is 0 Å². The lowest BCUT2D eigenvalue weighted by molar-refractivity contribution is 0.429. The molecule has 1 nitrogen and oxygen atoms in total. The average molecular weight is 335 g/mol. The van der Waals surface area contributed by atoms with Crippen molar-refractivity contribution in [2.45, 2.75) is 54.9 Å². The van der Waals surface area contributed by atoms with E-state index in [1.165, 1.54) is 16.7 Å². The second kappa shape index (κ2) is 7.76. The lowest BCUT2D eigenvalue weighted by Crippen LogP contribution is -2.06. The minimum absolute atomic E-state index is 0.151. The Morgan fingerprint density at radius 3 is 2.16 bits per heavy atom. The van der Waals surface area contributed by atoms with E-state index in [1.807, 2.05) is 30.3 Å². The van der Waals surface area contributed by atoms with Gasteiger partial charge < -0.3 is 4.74 Å². The maximum Gasteiger partial charge on any atom is 0.134 e. The molecule has 1 aromatic rings. The number of para-hydroxylation sites is 1. The molecule has 25 heavy (non-hydrogen) atoms. The molecule has 132 valence electrons. The highest BCUT2D eigenvalue weighted by Crippen LogP contribution is 2.37. The number of allylic oxidation sites excluding steroid dienone is 6. The van der Waals surface area contributed by atoms with Crippen molar-refractivity contribution in [1.82, 2.24) is 0 Å². The van der Waals surface area contributed by atoms with Gasteiger partial charge in [0, 0.05) is 5.57 Å². The Morgan fingerprint density at radius 1 is 1.00 bits per heavy atom. The van der Waals surface area contributed by atoms with Gasteiger partial charge in [0.1, 0.15) is 11.5 Å². The summed E-state index contributed by atoms with van der Waals surface area (Å²) in [6.45, 7) is 15.1. The van der Waals surface area contributed by atoms with Crippen LogP contribution in [0.3, 0.4) is 0 Å². The molecule has 0 radical (unpaired) electrons. The van der Waals surface area contributed by atoms with Gasteiger partial charge in [-0.3, -0.25) is 0 Å². The largest absolute Gasteiger partial charge is 0.457 e. The molecule has 0 fully saturated rings. The molecule has 0 N–H and O–H groups in total. The molecule has 1 heteroatoms. The van der Waals surface area contributed by atoms with Crippen LogP contribution in [-0.2, 0) is 0 Å². The molecule has 1 aliphatic carbocycles. The Kier molecular flexibility index (Phi) is 5.93. The fourth-order valence-corrected chi connectivity index (χ4v) is 2.83. The maximum atomic E-state index is 6.33. The Morgan fingerprint density at radius 2 is 1.64 bits per heavy atom. The summed E-state index contributed by atoms with van der Waals surface area (Å²) >= 11 is 0. The van der Waals surface area contributed by atoms with Crippen LogP contribution in [0.15, 0.2) is 81.8 Å². The third-order valence-electron chi connectivity index (χ3n) is 4.33. The molecule has 0 aromatic heterocycles. The van der Waals surface area contributed by atoms with E-state index in [4.69, 9.17) is 4.74 Å². The van der Waals surface area contributed by atoms with Crippen LogP contribution in [-0.4, -0.2) is 0 Å². The van der Waals surface area contributed by atoms with Gasteiger partial charge in [-0.2, -0.15) is 0 Å². The highest BCUT2D eigenvalue weighted by Gasteiger charge is 2.23. The average Bonchev–Trinajstić information content (AvgIpc) is 3.02. The zero-order valence-electron chi connectivity index (χ0n) is 16.7. The van der Waals surface area contributed by atoms with Crippen LogP contribution in [0.2, 0.25) is 0 Å². The van der Waals surface area contributed by atoms with Crippen LogP contribution < -0.4 is 4.74 Å². The standard InChI is InChI=1S/C24H30O/c1-17(2)15-18(3)19(4)23(25-22-11-9-8-10-12-22)20-13-14-21(16-20)24(5,6)7/h8-12,14,16H,13H2,1-7H3. The molecule has 0 heterocycles. The number of hydrogen-bond acceptors (Lipinski definition) is 1. The van der Waals surface area contributed by atoms with Crippen molar-refractivity contribution in [2.75, 3.05) is 0 Å². The van der Waals surface area contributed by atoms with Gasteiger partial charge in [-0.05, 0) is 74.0 Å². The number of hydrogen-bond donors (Lipinski definition) is 0.